The average Bonchev–Trinajstić information content (AvgIpc) is 2.55. The lowest BCUT2D eigenvalue weighted by molar-refractivity contribution is -0.127. The van der Waals surface area contributed by atoms with Crippen molar-refractivity contribution < 1.29 is 4.79 Å². The summed E-state index contributed by atoms with van der Waals surface area (Å²) >= 11 is 5.31. The van der Waals surface area contributed by atoms with Crippen molar-refractivity contribution in [2.24, 2.45) is 0 Å². The van der Waals surface area contributed by atoms with E-state index in [2.05, 4.69) is 48.7 Å². The predicted molar refractivity (Wildman–Crippen MR) is 103 cm³/mol. The molecule has 0 spiro atoms. The molecule has 0 bridgehead atoms. The zero-order valence-corrected chi connectivity index (χ0v) is 16.0. The number of hydrogen-bond acceptors (Lipinski definition) is 2. The van der Waals surface area contributed by atoms with Gasteiger partial charge in [-0.25, -0.2) is 0 Å². The van der Waals surface area contributed by atoms with Gasteiger partial charge in [0.25, 0.3) is 5.91 Å². The summed E-state index contributed by atoms with van der Waals surface area (Å²) in [6, 6.07) is 8.21. The van der Waals surface area contributed by atoms with Crippen LogP contribution >= 0.6 is 12.2 Å². The van der Waals surface area contributed by atoms with Crippen LogP contribution in [-0.4, -0.2) is 29.0 Å². The van der Waals surface area contributed by atoms with Crippen LogP contribution in [-0.2, 0) is 4.79 Å². The van der Waals surface area contributed by atoms with Crippen LogP contribution in [0, 0.1) is 0 Å². The molecule has 1 heterocycles. The number of nitrogens with zero attached hydrogens (tertiary/aromatic N) is 1. The van der Waals surface area contributed by atoms with Gasteiger partial charge >= 0.3 is 0 Å². The number of nitrogens with one attached hydrogen (secondary N) is 2. The van der Waals surface area contributed by atoms with Crippen LogP contribution in [0.25, 0.3) is 0 Å². The summed E-state index contributed by atoms with van der Waals surface area (Å²) in [5.41, 5.74) is 3.91. The molecule has 0 aliphatic carbocycles. The van der Waals surface area contributed by atoms with Gasteiger partial charge in [-0.15, -0.1) is 0 Å². The lowest BCUT2D eigenvalue weighted by atomic mass is 9.92. The third-order valence-electron chi connectivity index (χ3n) is 4.49. The normalized spacial score (nSPS) is 17.6. The van der Waals surface area contributed by atoms with Crippen LogP contribution in [0.1, 0.15) is 57.7 Å². The van der Waals surface area contributed by atoms with E-state index in [1.165, 1.54) is 5.56 Å². The van der Waals surface area contributed by atoms with Crippen molar-refractivity contribution in [2.45, 2.75) is 46.6 Å². The van der Waals surface area contributed by atoms with Crippen molar-refractivity contribution in [2.75, 3.05) is 13.1 Å². The van der Waals surface area contributed by atoms with E-state index in [9.17, 15) is 4.79 Å². The quantitative estimate of drug-likeness (QED) is 0.802. The summed E-state index contributed by atoms with van der Waals surface area (Å²) in [5.74, 6) is 0.535. The molecule has 1 amide bonds. The number of carbonyl (C=O) groups excluding carboxylic acids is 1. The van der Waals surface area contributed by atoms with Gasteiger partial charge in [0, 0.05) is 18.8 Å². The summed E-state index contributed by atoms with van der Waals surface area (Å²) in [7, 11) is 0. The SMILES string of the molecule is CCN(CC)C(=O)C1=C(C)NC(=S)N[C@H]1c1ccc(C(C)C)cc1. The Morgan fingerprint density at radius 1 is 1.21 bits per heavy atom. The first-order chi connectivity index (χ1) is 11.4. The predicted octanol–water partition coefficient (Wildman–Crippen LogP) is 3.47. The van der Waals surface area contributed by atoms with Gasteiger partial charge in [-0.1, -0.05) is 38.1 Å². The molecular weight excluding hydrogens is 318 g/mol. The number of amides is 1. The maximum atomic E-state index is 13.0. The number of thiocarbonyl (C=S) groups is 1. The molecule has 130 valence electrons. The van der Waals surface area contributed by atoms with Crippen LogP contribution in [0.3, 0.4) is 0 Å². The first-order valence-electron chi connectivity index (χ1n) is 8.56. The second kappa shape index (κ2) is 7.79. The highest BCUT2D eigenvalue weighted by atomic mass is 32.1. The van der Waals surface area contributed by atoms with Crippen molar-refractivity contribution in [3.05, 3.63) is 46.7 Å². The molecular formula is C19H27N3OS. The fourth-order valence-corrected chi connectivity index (χ4v) is 3.25. The maximum Gasteiger partial charge on any atom is 0.253 e. The molecule has 24 heavy (non-hydrogen) atoms. The molecule has 1 aromatic carbocycles. The van der Waals surface area contributed by atoms with E-state index >= 15 is 0 Å². The van der Waals surface area contributed by atoms with Gasteiger partial charge in [-0.05, 0) is 50.0 Å². The Morgan fingerprint density at radius 3 is 2.29 bits per heavy atom. The number of hydrogen-bond donors (Lipinski definition) is 2. The molecule has 1 aliphatic heterocycles. The summed E-state index contributed by atoms with van der Waals surface area (Å²) in [5, 5.41) is 6.91. The average molecular weight is 346 g/mol. The smallest absolute Gasteiger partial charge is 0.253 e. The van der Waals surface area contributed by atoms with Gasteiger partial charge in [0.05, 0.1) is 11.6 Å². The highest BCUT2D eigenvalue weighted by molar-refractivity contribution is 7.80. The van der Waals surface area contributed by atoms with E-state index < -0.39 is 0 Å². The van der Waals surface area contributed by atoms with E-state index in [0.717, 1.165) is 16.8 Å². The van der Waals surface area contributed by atoms with Crippen LogP contribution in [0.2, 0.25) is 0 Å². The summed E-state index contributed by atoms with van der Waals surface area (Å²) in [6.45, 7) is 11.6. The zero-order chi connectivity index (χ0) is 17.9. The van der Waals surface area contributed by atoms with Crippen LogP contribution in [0.15, 0.2) is 35.5 Å². The first-order valence-corrected chi connectivity index (χ1v) is 8.97. The number of carbonyl (C=O) groups is 1. The van der Waals surface area contributed by atoms with Crippen molar-refractivity contribution in [3.8, 4) is 0 Å². The highest BCUT2D eigenvalue weighted by Crippen LogP contribution is 2.29. The van der Waals surface area contributed by atoms with Gasteiger partial charge < -0.3 is 15.5 Å². The molecule has 2 N–H and O–H groups in total. The largest absolute Gasteiger partial charge is 0.351 e. The minimum atomic E-state index is -0.215. The standard InChI is InChI=1S/C19H27N3OS/c1-6-22(7-2)18(23)16-13(5)20-19(24)21-17(16)15-10-8-14(9-11-15)12(3)4/h8-12,17H,6-7H2,1-5H3,(H2,20,21,24)/t17-/m0/s1. The topological polar surface area (TPSA) is 44.4 Å². The molecule has 0 radical (unpaired) electrons. The second-order valence-electron chi connectivity index (χ2n) is 6.37. The van der Waals surface area contributed by atoms with Gasteiger partial charge in [0.15, 0.2) is 5.11 Å². The molecule has 1 aromatic rings. The Hall–Kier alpha value is -1.88. The number of benzene rings is 1. The van der Waals surface area contributed by atoms with Gasteiger partial charge in [-0.3, -0.25) is 4.79 Å². The Balaban J connectivity index is 2.42. The lowest BCUT2D eigenvalue weighted by Crippen LogP contribution is -2.47. The van der Waals surface area contributed by atoms with E-state index in [1.807, 2.05) is 25.7 Å². The third-order valence-corrected chi connectivity index (χ3v) is 4.71. The minimum absolute atomic E-state index is 0.0536. The highest BCUT2D eigenvalue weighted by Gasteiger charge is 2.31. The molecule has 2 rings (SSSR count). The summed E-state index contributed by atoms with van der Waals surface area (Å²) in [4.78, 5) is 14.8. The van der Waals surface area contributed by atoms with Crippen LogP contribution < -0.4 is 10.6 Å². The zero-order valence-electron chi connectivity index (χ0n) is 15.1. The molecule has 0 saturated carbocycles. The van der Waals surface area contributed by atoms with Crippen LogP contribution in [0.5, 0.6) is 0 Å². The van der Waals surface area contributed by atoms with Crippen LogP contribution in [0.4, 0.5) is 0 Å². The minimum Gasteiger partial charge on any atom is -0.351 e. The van der Waals surface area contributed by atoms with Crippen molar-refractivity contribution in [3.63, 3.8) is 0 Å². The first kappa shape index (κ1) is 18.5. The molecule has 0 fully saturated rings. The number of rotatable bonds is 5. The van der Waals surface area contributed by atoms with Gasteiger partial charge in [0.1, 0.15) is 0 Å². The Kier molecular flexibility index (Phi) is 5.99. The Morgan fingerprint density at radius 2 is 1.79 bits per heavy atom. The van der Waals surface area contributed by atoms with Crippen molar-refractivity contribution in [1.82, 2.24) is 15.5 Å². The molecule has 0 saturated heterocycles. The third kappa shape index (κ3) is 3.78. The number of likely N-dealkylation sites (N-methyl/N-ethyl adjacent to an activating group) is 1. The van der Waals surface area contributed by atoms with E-state index in [0.29, 0.717) is 24.1 Å². The molecule has 0 aromatic heterocycles. The van der Waals surface area contributed by atoms with E-state index in [4.69, 9.17) is 12.2 Å². The summed E-state index contributed by atoms with van der Waals surface area (Å²) < 4.78 is 0. The summed E-state index contributed by atoms with van der Waals surface area (Å²) in [6.07, 6.45) is 0. The molecule has 5 heteroatoms. The number of allylic oxidation sites excluding steroid dienone is 1. The second-order valence-corrected chi connectivity index (χ2v) is 6.78. The monoisotopic (exact) mass is 345 g/mol. The fourth-order valence-electron chi connectivity index (χ4n) is 2.98. The van der Waals surface area contributed by atoms with Gasteiger partial charge in [0.2, 0.25) is 0 Å². The van der Waals surface area contributed by atoms with Gasteiger partial charge in [-0.2, -0.15) is 0 Å². The van der Waals surface area contributed by atoms with E-state index in [-0.39, 0.29) is 11.9 Å². The van der Waals surface area contributed by atoms with Crippen molar-refractivity contribution in [1.29, 1.82) is 0 Å². The fraction of sp³-hybridized carbons (Fsp3) is 0.474. The molecule has 1 aliphatic rings. The molecule has 0 unspecified atom stereocenters. The molecule has 4 nitrogen and oxygen atoms in total. The van der Waals surface area contributed by atoms with Crippen molar-refractivity contribution >= 4 is 23.2 Å². The van der Waals surface area contributed by atoms with E-state index in [1.54, 1.807) is 0 Å². The Labute approximate surface area is 150 Å². The maximum absolute atomic E-state index is 13.0. The Bertz CT molecular complexity index is 645. The lowest BCUT2D eigenvalue weighted by Gasteiger charge is -2.33. The molecule has 1 atom stereocenters.